The number of halogens is 1. The largest absolute Gasteiger partial charge is 0.481 e. The van der Waals surface area contributed by atoms with Crippen molar-refractivity contribution in [2.45, 2.75) is 10.6 Å². The number of anilines is 1. The minimum absolute atomic E-state index is 0.104. The number of sulfonamides is 1. The third kappa shape index (κ3) is 3.93. The summed E-state index contributed by atoms with van der Waals surface area (Å²) in [5.74, 6) is -0.985. The standard InChI is InChI=1S/C12H10INO4S2/c13-8-1-3-9(4-2-8)14-20(17,18)12-6-5-10(19-12)7-11(15)16/h1-6,14H,7H2,(H,15,16). The molecule has 0 saturated heterocycles. The predicted molar refractivity (Wildman–Crippen MR) is 85.6 cm³/mol. The third-order valence-electron chi connectivity index (χ3n) is 2.32. The van der Waals surface area contributed by atoms with E-state index in [2.05, 4.69) is 27.3 Å². The highest BCUT2D eigenvalue weighted by Gasteiger charge is 2.17. The zero-order chi connectivity index (χ0) is 14.8. The lowest BCUT2D eigenvalue weighted by Gasteiger charge is -2.05. The summed E-state index contributed by atoms with van der Waals surface area (Å²) in [6.45, 7) is 0. The fourth-order valence-electron chi connectivity index (χ4n) is 1.47. The average Bonchev–Trinajstić information content (AvgIpc) is 2.80. The molecule has 0 aliphatic carbocycles. The fourth-order valence-corrected chi connectivity index (χ4v) is 4.24. The van der Waals surface area contributed by atoms with E-state index in [4.69, 9.17) is 5.11 Å². The van der Waals surface area contributed by atoms with E-state index in [1.807, 2.05) is 0 Å². The van der Waals surface area contributed by atoms with Gasteiger partial charge in [0, 0.05) is 14.1 Å². The number of nitrogens with one attached hydrogen (secondary N) is 1. The molecule has 0 radical (unpaired) electrons. The summed E-state index contributed by atoms with van der Waals surface area (Å²) in [7, 11) is -3.67. The summed E-state index contributed by atoms with van der Waals surface area (Å²) in [5.41, 5.74) is 0.471. The Kier molecular flexibility index (Phi) is 4.66. The van der Waals surface area contributed by atoms with Crippen molar-refractivity contribution < 1.29 is 18.3 Å². The maximum absolute atomic E-state index is 12.1. The molecule has 2 rings (SSSR count). The molecule has 0 aliphatic heterocycles. The second-order valence-electron chi connectivity index (χ2n) is 3.90. The Balaban J connectivity index is 2.19. The van der Waals surface area contributed by atoms with Crippen molar-refractivity contribution in [3.8, 4) is 0 Å². The molecule has 2 aromatic rings. The van der Waals surface area contributed by atoms with Crippen molar-refractivity contribution >= 4 is 55.6 Å². The second kappa shape index (κ2) is 6.10. The molecule has 1 aromatic heterocycles. The van der Waals surface area contributed by atoms with Gasteiger partial charge >= 0.3 is 5.97 Å². The van der Waals surface area contributed by atoms with Crippen LogP contribution in [0.25, 0.3) is 0 Å². The number of carboxylic acids is 1. The SMILES string of the molecule is O=C(O)Cc1ccc(S(=O)(=O)Nc2ccc(I)cc2)s1. The first-order valence-electron chi connectivity index (χ1n) is 5.46. The number of carboxylic acid groups (broad SMARTS) is 1. The van der Waals surface area contributed by atoms with Gasteiger partial charge in [-0.25, -0.2) is 8.42 Å². The zero-order valence-corrected chi connectivity index (χ0v) is 13.8. The zero-order valence-electron chi connectivity index (χ0n) is 10.0. The number of carbonyl (C=O) groups is 1. The van der Waals surface area contributed by atoms with Gasteiger partial charge in [-0.1, -0.05) is 0 Å². The van der Waals surface area contributed by atoms with Gasteiger partial charge in [0.1, 0.15) is 4.21 Å². The third-order valence-corrected chi connectivity index (χ3v) is 6.00. The van der Waals surface area contributed by atoms with Crippen LogP contribution in [0.4, 0.5) is 5.69 Å². The van der Waals surface area contributed by atoms with Gasteiger partial charge in [-0.3, -0.25) is 9.52 Å². The lowest BCUT2D eigenvalue weighted by molar-refractivity contribution is -0.136. The van der Waals surface area contributed by atoms with Crippen LogP contribution in [0, 0.1) is 3.57 Å². The topological polar surface area (TPSA) is 83.5 Å². The first-order chi connectivity index (χ1) is 9.37. The quantitative estimate of drug-likeness (QED) is 0.725. The maximum atomic E-state index is 12.1. The highest BCUT2D eigenvalue weighted by molar-refractivity contribution is 14.1. The second-order valence-corrected chi connectivity index (χ2v) is 8.23. The molecular weight excluding hydrogens is 413 g/mol. The number of rotatable bonds is 5. The monoisotopic (exact) mass is 423 g/mol. The minimum atomic E-state index is -3.67. The van der Waals surface area contributed by atoms with Crippen LogP contribution in [0.15, 0.2) is 40.6 Å². The Hall–Kier alpha value is -1.13. The van der Waals surface area contributed by atoms with Crippen molar-refractivity contribution in [2.75, 3.05) is 4.72 Å². The van der Waals surface area contributed by atoms with E-state index in [9.17, 15) is 13.2 Å². The van der Waals surface area contributed by atoms with Crippen LogP contribution in [-0.2, 0) is 21.2 Å². The molecule has 5 nitrogen and oxygen atoms in total. The Morgan fingerprint density at radius 2 is 1.85 bits per heavy atom. The summed E-state index contributed by atoms with van der Waals surface area (Å²) in [6.07, 6.45) is -0.177. The lowest BCUT2D eigenvalue weighted by atomic mass is 10.3. The van der Waals surface area contributed by atoms with Crippen LogP contribution in [0.2, 0.25) is 0 Å². The number of aliphatic carboxylic acids is 1. The van der Waals surface area contributed by atoms with Crippen LogP contribution >= 0.6 is 33.9 Å². The van der Waals surface area contributed by atoms with Crippen LogP contribution in [0.1, 0.15) is 4.88 Å². The van der Waals surface area contributed by atoms with Crippen LogP contribution in [0.5, 0.6) is 0 Å². The van der Waals surface area contributed by atoms with E-state index >= 15 is 0 Å². The van der Waals surface area contributed by atoms with Crippen molar-refractivity contribution in [3.63, 3.8) is 0 Å². The molecule has 0 spiro atoms. The van der Waals surface area contributed by atoms with Crippen molar-refractivity contribution in [2.24, 2.45) is 0 Å². The molecule has 2 N–H and O–H groups in total. The summed E-state index contributed by atoms with van der Waals surface area (Å²) in [6, 6.07) is 9.86. The number of benzene rings is 1. The van der Waals surface area contributed by atoms with E-state index in [0.29, 0.717) is 10.6 Å². The summed E-state index contributed by atoms with van der Waals surface area (Å²) >= 11 is 3.09. The molecule has 1 aromatic carbocycles. The van der Waals surface area contributed by atoms with Gasteiger partial charge in [0.2, 0.25) is 0 Å². The molecule has 8 heteroatoms. The molecule has 0 atom stereocenters. The van der Waals surface area contributed by atoms with Gasteiger partial charge in [0.25, 0.3) is 10.0 Å². The maximum Gasteiger partial charge on any atom is 0.308 e. The fraction of sp³-hybridized carbons (Fsp3) is 0.0833. The van der Waals surface area contributed by atoms with Gasteiger partial charge in [-0.2, -0.15) is 0 Å². The molecule has 106 valence electrons. The highest BCUT2D eigenvalue weighted by atomic mass is 127. The van der Waals surface area contributed by atoms with E-state index < -0.39 is 16.0 Å². The van der Waals surface area contributed by atoms with Gasteiger partial charge in [0.15, 0.2) is 0 Å². The van der Waals surface area contributed by atoms with Gasteiger partial charge in [-0.15, -0.1) is 11.3 Å². The summed E-state index contributed by atoms with van der Waals surface area (Å²) in [4.78, 5) is 11.1. The van der Waals surface area contributed by atoms with E-state index in [1.54, 1.807) is 24.3 Å². The predicted octanol–water partition coefficient (Wildman–Crippen LogP) is 2.78. The van der Waals surface area contributed by atoms with Crippen molar-refractivity contribution in [1.82, 2.24) is 0 Å². The van der Waals surface area contributed by atoms with Crippen LogP contribution in [0.3, 0.4) is 0 Å². The molecule has 0 unspecified atom stereocenters. The minimum Gasteiger partial charge on any atom is -0.481 e. The van der Waals surface area contributed by atoms with Crippen LogP contribution in [-0.4, -0.2) is 19.5 Å². The van der Waals surface area contributed by atoms with E-state index in [0.717, 1.165) is 14.9 Å². The smallest absolute Gasteiger partial charge is 0.308 e. The number of hydrogen-bond donors (Lipinski definition) is 2. The molecule has 20 heavy (non-hydrogen) atoms. The number of hydrogen-bond acceptors (Lipinski definition) is 4. The van der Waals surface area contributed by atoms with Gasteiger partial charge in [-0.05, 0) is 59.0 Å². The van der Waals surface area contributed by atoms with E-state index in [-0.39, 0.29) is 10.6 Å². The van der Waals surface area contributed by atoms with Gasteiger partial charge in [0.05, 0.1) is 6.42 Å². The Bertz CT molecular complexity index is 722. The van der Waals surface area contributed by atoms with Crippen molar-refractivity contribution in [1.29, 1.82) is 0 Å². The molecule has 0 saturated carbocycles. The van der Waals surface area contributed by atoms with Crippen molar-refractivity contribution in [3.05, 3.63) is 44.8 Å². The molecule has 1 heterocycles. The Morgan fingerprint density at radius 1 is 1.20 bits per heavy atom. The number of thiophene rings is 1. The van der Waals surface area contributed by atoms with Crippen LogP contribution < -0.4 is 4.72 Å². The molecular formula is C12H10INO4S2. The van der Waals surface area contributed by atoms with Gasteiger partial charge < -0.3 is 5.11 Å². The first kappa shape index (κ1) is 15.3. The lowest BCUT2D eigenvalue weighted by Crippen LogP contribution is -2.11. The average molecular weight is 423 g/mol. The Morgan fingerprint density at radius 3 is 2.45 bits per heavy atom. The Labute approximate surface area is 133 Å². The molecule has 0 amide bonds. The first-order valence-corrected chi connectivity index (χ1v) is 8.83. The summed E-state index contributed by atoms with van der Waals surface area (Å²) < 4.78 is 27.8. The summed E-state index contributed by atoms with van der Waals surface area (Å²) in [5, 5.41) is 8.68. The molecule has 0 bridgehead atoms. The highest BCUT2D eigenvalue weighted by Crippen LogP contribution is 2.24. The molecule has 0 fully saturated rings. The van der Waals surface area contributed by atoms with E-state index in [1.165, 1.54) is 12.1 Å². The molecule has 0 aliphatic rings. The normalized spacial score (nSPS) is 11.2.